The Bertz CT molecular complexity index is 485. The van der Waals surface area contributed by atoms with E-state index in [1.165, 1.54) is 0 Å². The first-order chi connectivity index (χ1) is 7.18. The number of aromatic nitrogens is 2. The zero-order valence-corrected chi connectivity index (χ0v) is 8.95. The van der Waals surface area contributed by atoms with Crippen LogP contribution in [0.15, 0.2) is 24.4 Å². The number of nitrogens with one attached hydrogen (secondary N) is 1. The summed E-state index contributed by atoms with van der Waals surface area (Å²) in [7, 11) is 0. The molecule has 1 aromatic carbocycles. The fourth-order valence-corrected chi connectivity index (χ4v) is 1.69. The lowest BCUT2D eigenvalue weighted by Crippen LogP contribution is -2.03. The molecule has 0 spiro atoms. The van der Waals surface area contributed by atoms with E-state index in [0.717, 1.165) is 16.5 Å². The third-order valence-electron chi connectivity index (χ3n) is 2.38. The zero-order valence-electron chi connectivity index (χ0n) is 8.95. The van der Waals surface area contributed by atoms with E-state index in [-0.39, 0.29) is 5.78 Å². The summed E-state index contributed by atoms with van der Waals surface area (Å²) in [5.74, 6) is 0.580. The van der Waals surface area contributed by atoms with Gasteiger partial charge in [0.05, 0.1) is 11.7 Å². The number of H-pyrrole nitrogens is 1. The van der Waals surface area contributed by atoms with Crippen LogP contribution in [0, 0.1) is 5.92 Å². The highest BCUT2D eigenvalue weighted by Crippen LogP contribution is 2.19. The maximum absolute atomic E-state index is 11.9. The molecule has 0 atom stereocenters. The number of benzene rings is 1. The van der Waals surface area contributed by atoms with Crippen molar-refractivity contribution < 1.29 is 4.79 Å². The fourth-order valence-electron chi connectivity index (χ4n) is 1.69. The lowest BCUT2D eigenvalue weighted by atomic mass is 9.99. The second-order valence-electron chi connectivity index (χ2n) is 4.16. The molecule has 0 bridgehead atoms. The third-order valence-corrected chi connectivity index (χ3v) is 2.38. The van der Waals surface area contributed by atoms with Gasteiger partial charge < -0.3 is 0 Å². The van der Waals surface area contributed by atoms with Gasteiger partial charge in [-0.3, -0.25) is 9.89 Å². The maximum atomic E-state index is 11.9. The van der Waals surface area contributed by atoms with Crippen LogP contribution in [0.1, 0.15) is 30.6 Å². The molecule has 3 heteroatoms. The van der Waals surface area contributed by atoms with Crippen molar-refractivity contribution in [1.29, 1.82) is 0 Å². The normalized spacial score (nSPS) is 11.1. The molecule has 2 rings (SSSR count). The molecule has 0 saturated heterocycles. The molecule has 0 aliphatic rings. The fraction of sp³-hybridized carbons (Fsp3) is 0.333. The number of ketones is 1. The Morgan fingerprint density at radius 1 is 1.47 bits per heavy atom. The molecule has 1 aromatic heterocycles. The van der Waals surface area contributed by atoms with Gasteiger partial charge in [0.1, 0.15) is 0 Å². The average molecular weight is 202 g/mol. The minimum absolute atomic E-state index is 0.192. The Morgan fingerprint density at radius 3 is 3.00 bits per heavy atom. The molecule has 3 nitrogen and oxygen atoms in total. The molecule has 1 N–H and O–H groups in total. The smallest absolute Gasteiger partial charge is 0.163 e. The van der Waals surface area contributed by atoms with Crippen LogP contribution < -0.4 is 0 Å². The Balaban J connectivity index is 2.42. The van der Waals surface area contributed by atoms with E-state index in [0.29, 0.717) is 12.3 Å². The first-order valence-corrected chi connectivity index (χ1v) is 5.14. The minimum Gasteiger partial charge on any atom is -0.294 e. The highest BCUT2D eigenvalue weighted by molar-refractivity contribution is 6.07. The van der Waals surface area contributed by atoms with Crippen molar-refractivity contribution >= 4 is 16.7 Å². The minimum atomic E-state index is 0.192. The number of carbonyl (C=O) groups is 1. The number of hydrogen-bond donors (Lipinski definition) is 1. The van der Waals surface area contributed by atoms with E-state index < -0.39 is 0 Å². The van der Waals surface area contributed by atoms with Crippen LogP contribution in [0.5, 0.6) is 0 Å². The van der Waals surface area contributed by atoms with Gasteiger partial charge >= 0.3 is 0 Å². The number of fused-ring (bicyclic) bond motifs is 1. The van der Waals surface area contributed by atoms with Gasteiger partial charge in [-0.2, -0.15) is 5.10 Å². The molecule has 0 amide bonds. The molecular weight excluding hydrogens is 188 g/mol. The zero-order chi connectivity index (χ0) is 10.8. The van der Waals surface area contributed by atoms with Crippen LogP contribution in [0.3, 0.4) is 0 Å². The standard InChI is InChI=1S/C12H14N2O/c1-8(2)6-12(15)9-4-3-5-11-10(9)7-13-14-11/h3-5,7-8H,6H2,1-2H3,(H,13,14). The largest absolute Gasteiger partial charge is 0.294 e. The predicted octanol–water partition coefficient (Wildman–Crippen LogP) is 2.79. The Labute approximate surface area is 88.5 Å². The van der Waals surface area contributed by atoms with Crippen molar-refractivity contribution in [1.82, 2.24) is 10.2 Å². The molecule has 0 radical (unpaired) electrons. The number of carbonyl (C=O) groups excluding carboxylic acids is 1. The Morgan fingerprint density at radius 2 is 2.27 bits per heavy atom. The molecule has 0 fully saturated rings. The molecule has 0 unspecified atom stereocenters. The molecule has 0 saturated carbocycles. The summed E-state index contributed by atoms with van der Waals surface area (Å²) in [4.78, 5) is 11.9. The molecule has 0 aliphatic heterocycles. The van der Waals surface area contributed by atoms with Gasteiger partial charge in [0.2, 0.25) is 0 Å². The van der Waals surface area contributed by atoms with E-state index in [1.807, 2.05) is 32.0 Å². The summed E-state index contributed by atoms with van der Waals surface area (Å²) in [6.07, 6.45) is 2.30. The summed E-state index contributed by atoms with van der Waals surface area (Å²) in [6.45, 7) is 4.10. The van der Waals surface area contributed by atoms with Gasteiger partial charge in [0, 0.05) is 17.4 Å². The first-order valence-electron chi connectivity index (χ1n) is 5.14. The monoisotopic (exact) mass is 202 g/mol. The van der Waals surface area contributed by atoms with Gasteiger partial charge in [-0.05, 0) is 12.0 Å². The lowest BCUT2D eigenvalue weighted by molar-refractivity contribution is 0.0969. The van der Waals surface area contributed by atoms with Crippen LogP contribution in [0.4, 0.5) is 0 Å². The second-order valence-corrected chi connectivity index (χ2v) is 4.16. The molecule has 2 aromatic rings. The van der Waals surface area contributed by atoms with Crippen LogP contribution in [0.2, 0.25) is 0 Å². The van der Waals surface area contributed by atoms with E-state index in [9.17, 15) is 4.79 Å². The number of hydrogen-bond acceptors (Lipinski definition) is 2. The summed E-state index contributed by atoms with van der Waals surface area (Å²) in [6, 6.07) is 5.67. The van der Waals surface area contributed by atoms with Crippen molar-refractivity contribution in [2.45, 2.75) is 20.3 Å². The maximum Gasteiger partial charge on any atom is 0.163 e. The molecule has 78 valence electrons. The van der Waals surface area contributed by atoms with Crippen molar-refractivity contribution in [2.75, 3.05) is 0 Å². The van der Waals surface area contributed by atoms with Gasteiger partial charge in [0.25, 0.3) is 0 Å². The molecule has 1 heterocycles. The van der Waals surface area contributed by atoms with Crippen molar-refractivity contribution in [3.8, 4) is 0 Å². The van der Waals surface area contributed by atoms with Gasteiger partial charge in [-0.25, -0.2) is 0 Å². The van der Waals surface area contributed by atoms with Crippen LogP contribution in [-0.2, 0) is 0 Å². The summed E-state index contributed by atoms with van der Waals surface area (Å²) in [5, 5.41) is 7.73. The molecule has 15 heavy (non-hydrogen) atoms. The number of aromatic amines is 1. The molecular formula is C12H14N2O. The van der Waals surface area contributed by atoms with Gasteiger partial charge in [0.15, 0.2) is 5.78 Å². The van der Waals surface area contributed by atoms with E-state index in [1.54, 1.807) is 6.20 Å². The topological polar surface area (TPSA) is 45.8 Å². The summed E-state index contributed by atoms with van der Waals surface area (Å²) in [5.41, 5.74) is 1.69. The summed E-state index contributed by atoms with van der Waals surface area (Å²) >= 11 is 0. The SMILES string of the molecule is CC(C)CC(=O)c1cccc2[nH]ncc12. The van der Waals surface area contributed by atoms with Crippen molar-refractivity contribution in [3.63, 3.8) is 0 Å². The predicted molar refractivity (Wildman–Crippen MR) is 59.9 cm³/mol. The van der Waals surface area contributed by atoms with Crippen LogP contribution in [-0.4, -0.2) is 16.0 Å². The quantitative estimate of drug-likeness (QED) is 0.778. The third kappa shape index (κ3) is 1.91. The highest BCUT2D eigenvalue weighted by Gasteiger charge is 2.12. The van der Waals surface area contributed by atoms with Gasteiger partial charge in [-0.15, -0.1) is 0 Å². The van der Waals surface area contributed by atoms with E-state index in [4.69, 9.17) is 0 Å². The number of nitrogens with zero attached hydrogens (tertiary/aromatic N) is 1. The Kier molecular flexibility index (Phi) is 2.54. The van der Waals surface area contributed by atoms with Gasteiger partial charge in [-0.1, -0.05) is 26.0 Å². The Hall–Kier alpha value is -1.64. The van der Waals surface area contributed by atoms with E-state index in [2.05, 4.69) is 10.2 Å². The van der Waals surface area contributed by atoms with E-state index >= 15 is 0 Å². The van der Waals surface area contributed by atoms with Crippen LogP contribution >= 0.6 is 0 Å². The summed E-state index contributed by atoms with van der Waals surface area (Å²) < 4.78 is 0. The first kappa shape index (κ1) is 9.90. The number of Topliss-reactive ketones (excluding diaryl/α,β-unsaturated/α-hetero) is 1. The lowest BCUT2D eigenvalue weighted by Gasteiger charge is -2.04. The number of rotatable bonds is 3. The van der Waals surface area contributed by atoms with Crippen molar-refractivity contribution in [2.24, 2.45) is 5.92 Å². The second kappa shape index (κ2) is 3.85. The molecule has 0 aliphatic carbocycles. The van der Waals surface area contributed by atoms with Crippen molar-refractivity contribution in [3.05, 3.63) is 30.0 Å². The average Bonchev–Trinajstić information content (AvgIpc) is 2.63. The highest BCUT2D eigenvalue weighted by atomic mass is 16.1. The van der Waals surface area contributed by atoms with Crippen LogP contribution in [0.25, 0.3) is 10.9 Å².